The fraction of sp³-hybridized carbons (Fsp3) is 0.190. The lowest BCUT2D eigenvalue weighted by atomic mass is 9.54. The van der Waals surface area contributed by atoms with Crippen LogP contribution >= 0.6 is 0 Å². The van der Waals surface area contributed by atoms with E-state index in [1.165, 1.54) is 111 Å². The van der Waals surface area contributed by atoms with Crippen LogP contribution < -0.4 is 9.80 Å². The summed E-state index contributed by atoms with van der Waals surface area (Å²) in [6.07, 6.45) is 0. The first kappa shape index (κ1) is 52.7. The standard InChI is InChI=1S/C84H70N2O2/c1-47-35-37-69(49(3)39-47)85(71-31-21-29-57-53-25-17-19-33-75(53)87-79(57)71)73-45-67-77(55-27-15-13-23-51(55)73)61-43-65-59(41-63(61)81(67,5)6)60-42-64-62(44-66(60)84(11,12)83(65,9)10)78-56-28-16-14-24-52(56)74(46-68(78)82(64,7)8)86(70-38-36-48(2)40-50(70)4)72-32-22-30-58-54-26-18-20-34-76(54)88-80(58)72/h13-46H,1-12H3. The summed E-state index contributed by atoms with van der Waals surface area (Å²) in [5.41, 5.74) is 30.1. The van der Waals surface area contributed by atoms with Crippen LogP contribution in [0.4, 0.5) is 34.1 Å². The number of anilines is 6. The van der Waals surface area contributed by atoms with Crippen LogP contribution in [-0.4, -0.2) is 0 Å². The van der Waals surface area contributed by atoms with Crippen LogP contribution in [0, 0.1) is 27.7 Å². The van der Waals surface area contributed by atoms with Crippen molar-refractivity contribution in [3.63, 3.8) is 0 Å². The van der Waals surface area contributed by atoms with Crippen molar-refractivity contribution in [1.82, 2.24) is 0 Å². The number of aryl methyl sites for hydroxylation is 4. The van der Waals surface area contributed by atoms with Gasteiger partial charge in [0.05, 0.1) is 22.7 Å². The number of nitrogens with zero attached hydrogens (tertiary/aromatic N) is 2. The molecule has 0 radical (unpaired) electrons. The van der Waals surface area contributed by atoms with Gasteiger partial charge in [-0.25, -0.2) is 0 Å². The normalized spacial score (nSPS) is 15.4. The van der Waals surface area contributed by atoms with Crippen LogP contribution in [0.25, 0.3) is 98.8 Å². The summed E-state index contributed by atoms with van der Waals surface area (Å²) in [5.74, 6) is 0. The van der Waals surface area contributed by atoms with Gasteiger partial charge in [0.2, 0.25) is 0 Å². The van der Waals surface area contributed by atoms with E-state index in [2.05, 4.69) is 299 Å². The molecule has 0 spiro atoms. The predicted molar refractivity (Wildman–Crippen MR) is 371 cm³/mol. The lowest BCUT2D eigenvalue weighted by Crippen LogP contribution is -2.43. The minimum atomic E-state index is -0.356. The molecule has 0 fully saturated rings. The van der Waals surface area contributed by atoms with E-state index < -0.39 is 0 Å². The highest BCUT2D eigenvalue weighted by Gasteiger charge is 2.50. The molecule has 0 saturated heterocycles. The van der Waals surface area contributed by atoms with E-state index in [0.717, 1.165) is 78.0 Å². The quantitative estimate of drug-likeness (QED) is 0.166. The van der Waals surface area contributed by atoms with Crippen molar-refractivity contribution in [2.75, 3.05) is 9.80 Å². The molecule has 12 aromatic carbocycles. The van der Waals surface area contributed by atoms with E-state index in [1.807, 2.05) is 0 Å². The highest BCUT2D eigenvalue weighted by molar-refractivity contribution is 6.17. The monoisotopic (exact) mass is 1140 g/mol. The van der Waals surface area contributed by atoms with Crippen LogP contribution in [0.15, 0.2) is 215 Å². The zero-order chi connectivity index (χ0) is 60.2. The topological polar surface area (TPSA) is 32.8 Å². The van der Waals surface area contributed by atoms with E-state index in [0.29, 0.717) is 0 Å². The molecule has 0 bridgehead atoms. The molecule has 3 aliphatic rings. The zero-order valence-electron chi connectivity index (χ0n) is 52.3. The highest BCUT2D eigenvalue weighted by Crippen LogP contribution is 2.64. The average Bonchev–Trinajstić information content (AvgIpc) is 1.43. The summed E-state index contributed by atoms with van der Waals surface area (Å²) in [6.45, 7) is 28.7. The molecule has 3 aliphatic carbocycles. The van der Waals surface area contributed by atoms with Gasteiger partial charge in [-0.1, -0.05) is 200 Å². The number of para-hydroxylation sites is 4. The molecule has 0 amide bonds. The second kappa shape index (κ2) is 18.0. The molecule has 0 saturated carbocycles. The van der Waals surface area contributed by atoms with Crippen molar-refractivity contribution >= 4 is 99.5 Å². The first-order chi connectivity index (χ1) is 42.3. The number of benzene rings is 12. The van der Waals surface area contributed by atoms with E-state index in [4.69, 9.17) is 8.83 Å². The van der Waals surface area contributed by atoms with Crippen molar-refractivity contribution < 1.29 is 8.83 Å². The molecule has 0 atom stereocenters. The Kier molecular flexibility index (Phi) is 10.8. The Labute approximate surface area is 515 Å². The molecular weight excluding hydrogens is 1070 g/mol. The Morgan fingerprint density at radius 3 is 1.02 bits per heavy atom. The molecule has 0 aliphatic heterocycles. The zero-order valence-corrected chi connectivity index (χ0v) is 52.3. The summed E-state index contributed by atoms with van der Waals surface area (Å²) >= 11 is 0. The lowest BCUT2D eigenvalue weighted by molar-refractivity contribution is 0.299. The van der Waals surface area contributed by atoms with E-state index in [9.17, 15) is 0 Å². The van der Waals surface area contributed by atoms with Gasteiger partial charge >= 0.3 is 0 Å². The predicted octanol–water partition coefficient (Wildman–Crippen LogP) is 23.8. The third-order valence-electron chi connectivity index (χ3n) is 21.7. The molecule has 2 heterocycles. The fourth-order valence-corrected chi connectivity index (χ4v) is 16.4. The molecule has 14 aromatic rings. The van der Waals surface area contributed by atoms with Gasteiger partial charge in [0, 0.05) is 54.5 Å². The maximum Gasteiger partial charge on any atom is 0.159 e. The van der Waals surface area contributed by atoms with E-state index in [-0.39, 0.29) is 21.7 Å². The SMILES string of the molecule is Cc1ccc(N(c2cc3c(c4ccccc24)-c2cc4c(cc2C3(C)C)-c2cc3c(cc2C(C)(C)C4(C)C)-c2c(cc(N(c4ccc(C)cc4C)c4cccc5c4oc4ccccc45)c4ccccc24)C3(C)C)c2cccc3c2oc2ccccc23)c(C)c1. The van der Waals surface area contributed by atoms with Gasteiger partial charge in [-0.05, 0) is 200 Å². The Morgan fingerprint density at radius 1 is 0.273 bits per heavy atom. The highest BCUT2D eigenvalue weighted by atomic mass is 16.3. The van der Waals surface area contributed by atoms with Crippen molar-refractivity contribution in [2.24, 2.45) is 0 Å². The third-order valence-corrected chi connectivity index (χ3v) is 21.7. The second-order valence-corrected chi connectivity index (χ2v) is 27.9. The maximum absolute atomic E-state index is 6.90. The Bertz CT molecular complexity index is 5070. The van der Waals surface area contributed by atoms with Gasteiger partial charge in [-0.2, -0.15) is 0 Å². The van der Waals surface area contributed by atoms with Crippen LogP contribution in [0.3, 0.4) is 0 Å². The molecule has 0 N–H and O–H groups in total. The van der Waals surface area contributed by atoms with Gasteiger partial charge in [0.15, 0.2) is 11.2 Å². The Morgan fingerprint density at radius 2 is 0.625 bits per heavy atom. The first-order valence-corrected chi connectivity index (χ1v) is 31.4. The maximum atomic E-state index is 6.90. The van der Waals surface area contributed by atoms with Crippen molar-refractivity contribution in [3.8, 4) is 33.4 Å². The molecular formula is C84H70N2O2. The van der Waals surface area contributed by atoms with Crippen molar-refractivity contribution in [2.45, 2.75) is 105 Å². The Hall–Kier alpha value is -9.64. The van der Waals surface area contributed by atoms with E-state index in [1.54, 1.807) is 0 Å². The summed E-state index contributed by atoms with van der Waals surface area (Å²) in [5, 5.41) is 9.40. The van der Waals surface area contributed by atoms with Crippen molar-refractivity contribution in [3.05, 3.63) is 262 Å². The van der Waals surface area contributed by atoms with Crippen molar-refractivity contribution in [1.29, 1.82) is 0 Å². The van der Waals surface area contributed by atoms with Gasteiger partial charge < -0.3 is 18.6 Å². The lowest BCUT2D eigenvalue weighted by Gasteiger charge is -2.49. The number of fused-ring (bicyclic) bond motifs is 19. The number of rotatable bonds is 6. The summed E-state index contributed by atoms with van der Waals surface area (Å²) < 4.78 is 13.8. The van der Waals surface area contributed by atoms with Crippen LogP contribution in [-0.2, 0) is 21.7 Å². The molecule has 4 nitrogen and oxygen atoms in total. The molecule has 0 unspecified atom stereocenters. The number of furan rings is 2. The molecule has 2 aromatic heterocycles. The summed E-state index contributed by atoms with van der Waals surface area (Å²) in [7, 11) is 0. The number of hydrogen-bond acceptors (Lipinski definition) is 4. The summed E-state index contributed by atoms with van der Waals surface area (Å²) in [4.78, 5) is 4.98. The second-order valence-electron chi connectivity index (χ2n) is 27.9. The third kappa shape index (κ3) is 6.97. The largest absolute Gasteiger partial charge is 0.454 e. The molecule has 17 rings (SSSR count). The minimum absolute atomic E-state index is 0.251. The van der Waals surface area contributed by atoms with E-state index >= 15 is 0 Å². The average molecular weight is 1140 g/mol. The summed E-state index contributed by atoms with van der Waals surface area (Å²) in [6, 6.07) is 77.7. The van der Waals surface area contributed by atoms with Crippen LogP contribution in [0.1, 0.15) is 111 Å². The molecule has 428 valence electrons. The Balaban J connectivity index is 0.864. The van der Waals surface area contributed by atoms with Gasteiger partial charge in [0.25, 0.3) is 0 Å². The van der Waals surface area contributed by atoms with Crippen LogP contribution in [0.2, 0.25) is 0 Å². The minimum Gasteiger partial charge on any atom is -0.454 e. The van der Waals surface area contributed by atoms with Gasteiger partial charge in [-0.3, -0.25) is 0 Å². The van der Waals surface area contributed by atoms with Crippen LogP contribution in [0.5, 0.6) is 0 Å². The number of hydrogen-bond donors (Lipinski definition) is 0. The smallest absolute Gasteiger partial charge is 0.159 e. The van der Waals surface area contributed by atoms with Gasteiger partial charge in [-0.15, -0.1) is 0 Å². The first-order valence-electron chi connectivity index (χ1n) is 31.4. The molecule has 4 heteroatoms. The fourth-order valence-electron chi connectivity index (χ4n) is 16.4. The molecule has 88 heavy (non-hydrogen) atoms. The van der Waals surface area contributed by atoms with Gasteiger partial charge in [0.1, 0.15) is 11.2 Å².